The molecule has 2 N–H and O–H groups in total. The Hall–Kier alpha value is -2.12. The van der Waals surface area contributed by atoms with Gasteiger partial charge in [0, 0.05) is 19.0 Å². The fraction of sp³-hybridized carbons (Fsp3) is 0.636. The number of carboxylic acids is 1. The van der Waals surface area contributed by atoms with Gasteiger partial charge in [-0.3, -0.25) is 0 Å². The molecule has 0 saturated carbocycles. The lowest BCUT2D eigenvalue weighted by Crippen LogP contribution is -2.50. The van der Waals surface area contributed by atoms with Crippen LogP contribution in [-0.2, 0) is 4.74 Å². The normalized spacial score (nSPS) is 16.1. The highest BCUT2D eigenvalue weighted by molar-refractivity contribution is 5.86. The molecule has 19 heavy (non-hydrogen) atoms. The fourth-order valence-corrected chi connectivity index (χ4v) is 1.81. The summed E-state index contributed by atoms with van der Waals surface area (Å²) in [5, 5.41) is 18.6. The van der Waals surface area contributed by atoms with Crippen molar-refractivity contribution in [3.63, 3.8) is 0 Å². The predicted molar refractivity (Wildman–Crippen MR) is 63.9 cm³/mol. The van der Waals surface area contributed by atoms with Gasteiger partial charge in [-0.05, 0) is 20.8 Å². The molecule has 0 aliphatic carbocycles. The Morgan fingerprint density at radius 1 is 1.37 bits per heavy atom. The lowest BCUT2D eigenvalue weighted by Gasteiger charge is -2.38. The van der Waals surface area contributed by atoms with Gasteiger partial charge in [-0.1, -0.05) is 0 Å². The van der Waals surface area contributed by atoms with Crippen molar-refractivity contribution in [1.82, 2.24) is 20.3 Å². The summed E-state index contributed by atoms with van der Waals surface area (Å²) in [7, 11) is 0. The van der Waals surface area contributed by atoms with Crippen LogP contribution in [-0.4, -0.2) is 56.2 Å². The number of ether oxygens (including phenoxy) is 1. The summed E-state index contributed by atoms with van der Waals surface area (Å²) < 4.78 is 5.21. The van der Waals surface area contributed by atoms with E-state index in [1.807, 2.05) is 0 Å². The van der Waals surface area contributed by atoms with Crippen LogP contribution in [0.1, 0.15) is 42.9 Å². The summed E-state index contributed by atoms with van der Waals surface area (Å²) in [6.07, 6.45) is -0.399. The molecule has 2 heterocycles. The van der Waals surface area contributed by atoms with Gasteiger partial charge in [-0.25, -0.2) is 9.59 Å². The molecule has 0 radical (unpaired) electrons. The number of nitrogens with one attached hydrogen (secondary N) is 1. The average molecular weight is 268 g/mol. The van der Waals surface area contributed by atoms with Gasteiger partial charge in [0.15, 0.2) is 5.69 Å². The SMILES string of the molecule is CC(C)(C)OC(=O)N1CC(c2n[nH]nc2C(=O)O)C1. The van der Waals surface area contributed by atoms with Crippen LogP contribution in [0.5, 0.6) is 0 Å². The highest BCUT2D eigenvalue weighted by Gasteiger charge is 2.38. The maximum absolute atomic E-state index is 11.7. The third kappa shape index (κ3) is 2.83. The Bertz CT molecular complexity index is 499. The van der Waals surface area contributed by atoms with Crippen molar-refractivity contribution < 1.29 is 19.4 Å². The first-order valence-corrected chi connectivity index (χ1v) is 5.90. The van der Waals surface area contributed by atoms with Gasteiger partial charge in [0.25, 0.3) is 0 Å². The van der Waals surface area contributed by atoms with Crippen LogP contribution in [0.2, 0.25) is 0 Å². The van der Waals surface area contributed by atoms with Gasteiger partial charge < -0.3 is 14.7 Å². The number of H-pyrrole nitrogens is 1. The molecule has 8 nitrogen and oxygen atoms in total. The zero-order chi connectivity index (χ0) is 14.2. The number of nitrogens with zero attached hydrogens (tertiary/aromatic N) is 3. The zero-order valence-corrected chi connectivity index (χ0v) is 11.0. The molecule has 1 aliphatic heterocycles. The van der Waals surface area contributed by atoms with E-state index in [0.29, 0.717) is 18.8 Å². The number of aromatic amines is 1. The van der Waals surface area contributed by atoms with Crippen LogP contribution in [0.4, 0.5) is 4.79 Å². The number of aromatic carboxylic acids is 1. The summed E-state index contributed by atoms with van der Waals surface area (Å²) in [4.78, 5) is 24.1. The number of hydrogen-bond acceptors (Lipinski definition) is 5. The summed E-state index contributed by atoms with van der Waals surface area (Å²) in [6, 6.07) is 0. The maximum Gasteiger partial charge on any atom is 0.410 e. The van der Waals surface area contributed by atoms with E-state index >= 15 is 0 Å². The molecule has 0 spiro atoms. The van der Waals surface area contributed by atoms with Gasteiger partial charge >= 0.3 is 12.1 Å². The summed E-state index contributed by atoms with van der Waals surface area (Å²) in [6.45, 7) is 6.16. The smallest absolute Gasteiger partial charge is 0.410 e. The molecule has 0 bridgehead atoms. The van der Waals surface area contributed by atoms with E-state index in [1.165, 1.54) is 4.90 Å². The topological polar surface area (TPSA) is 108 Å². The number of rotatable bonds is 2. The van der Waals surface area contributed by atoms with Crippen LogP contribution >= 0.6 is 0 Å². The van der Waals surface area contributed by atoms with Crippen LogP contribution in [0, 0.1) is 0 Å². The largest absolute Gasteiger partial charge is 0.476 e. The maximum atomic E-state index is 11.7. The van der Waals surface area contributed by atoms with Crippen molar-refractivity contribution in [2.75, 3.05) is 13.1 Å². The van der Waals surface area contributed by atoms with Gasteiger partial charge in [-0.2, -0.15) is 10.3 Å². The van der Waals surface area contributed by atoms with Crippen LogP contribution in [0.25, 0.3) is 0 Å². The van der Waals surface area contributed by atoms with E-state index in [1.54, 1.807) is 20.8 Å². The number of hydrogen-bond donors (Lipinski definition) is 2. The lowest BCUT2D eigenvalue weighted by atomic mass is 9.95. The third-order valence-corrected chi connectivity index (χ3v) is 2.70. The Morgan fingerprint density at radius 2 is 2.00 bits per heavy atom. The second-order valence-corrected chi connectivity index (χ2v) is 5.44. The van der Waals surface area contributed by atoms with Crippen LogP contribution in [0.15, 0.2) is 0 Å². The van der Waals surface area contributed by atoms with Gasteiger partial charge in [0.05, 0.1) is 0 Å². The van der Waals surface area contributed by atoms with Crippen molar-refractivity contribution in [3.8, 4) is 0 Å². The number of likely N-dealkylation sites (tertiary alicyclic amines) is 1. The lowest BCUT2D eigenvalue weighted by molar-refractivity contribution is 0.00781. The minimum atomic E-state index is -1.13. The molecule has 0 unspecified atom stereocenters. The molecule has 104 valence electrons. The van der Waals surface area contributed by atoms with E-state index in [-0.39, 0.29) is 11.6 Å². The molecule has 1 amide bonds. The zero-order valence-electron chi connectivity index (χ0n) is 11.0. The molecular formula is C11H16N4O4. The molecule has 0 atom stereocenters. The van der Waals surface area contributed by atoms with E-state index in [0.717, 1.165) is 0 Å². The second-order valence-electron chi connectivity index (χ2n) is 5.44. The average Bonchev–Trinajstić information content (AvgIpc) is 2.60. The van der Waals surface area contributed by atoms with Crippen molar-refractivity contribution >= 4 is 12.1 Å². The highest BCUT2D eigenvalue weighted by Crippen LogP contribution is 2.28. The number of carbonyl (C=O) groups excluding carboxylic acids is 1. The fourth-order valence-electron chi connectivity index (χ4n) is 1.81. The summed E-state index contributed by atoms with van der Waals surface area (Å²) in [5.74, 6) is -1.24. The van der Waals surface area contributed by atoms with E-state index in [9.17, 15) is 9.59 Å². The van der Waals surface area contributed by atoms with Crippen LogP contribution in [0.3, 0.4) is 0 Å². The second kappa shape index (κ2) is 4.52. The first-order valence-electron chi connectivity index (χ1n) is 5.90. The molecule has 1 aliphatic rings. The minimum Gasteiger partial charge on any atom is -0.476 e. The molecule has 8 heteroatoms. The quantitative estimate of drug-likeness (QED) is 0.822. The Balaban J connectivity index is 1.94. The first-order chi connectivity index (χ1) is 8.78. The molecule has 1 aromatic rings. The monoisotopic (exact) mass is 268 g/mol. The number of carboxylic acid groups (broad SMARTS) is 1. The van der Waals surface area contributed by atoms with Crippen molar-refractivity contribution in [2.45, 2.75) is 32.3 Å². The van der Waals surface area contributed by atoms with Crippen LogP contribution < -0.4 is 0 Å². The van der Waals surface area contributed by atoms with E-state index < -0.39 is 17.7 Å². The van der Waals surface area contributed by atoms with Crippen molar-refractivity contribution in [1.29, 1.82) is 0 Å². The van der Waals surface area contributed by atoms with E-state index in [2.05, 4.69) is 15.4 Å². The Kier molecular flexibility index (Phi) is 3.17. The number of carbonyl (C=O) groups is 2. The standard InChI is InChI=1S/C11H16N4O4/c1-11(2,3)19-10(18)15-4-6(5-15)7-8(9(16)17)13-14-12-7/h6H,4-5H2,1-3H3,(H,16,17)(H,12,13,14). The van der Waals surface area contributed by atoms with Gasteiger partial charge in [0.1, 0.15) is 11.3 Å². The summed E-state index contributed by atoms with van der Waals surface area (Å²) >= 11 is 0. The molecular weight excluding hydrogens is 252 g/mol. The number of aromatic nitrogens is 3. The number of amides is 1. The summed E-state index contributed by atoms with van der Waals surface area (Å²) in [5.41, 5.74) is -0.247. The van der Waals surface area contributed by atoms with Gasteiger partial charge in [-0.15, -0.1) is 5.10 Å². The predicted octanol–water partition coefficient (Wildman–Crippen LogP) is 0.837. The first kappa shape index (κ1) is 13.3. The Morgan fingerprint density at radius 3 is 2.53 bits per heavy atom. The highest BCUT2D eigenvalue weighted by atomic mass is 16.6. The Labute approximate surface area is 109 Å². The van der Waals surface area contributed by atoms with Crippen molar-refractivity contribution in [3.05, 3.63) is 11.4 Å². The van der Waals surface area contributed by atoms with Gasteiger partial charge in [0.2, 0.25) is 0 Å². The molecule has 1 aromatic heterocycles. The molecule has 1 fully saturated rings. The van der Waals surface area contributed by atoms with Crippen molar-refractivity contribution in [2.24, 2.45) is 0 Å². The van der Waals surface area contributed by atoms with E-state index in [4.69, 9.17) is 9.84 Å². The third-order valence-electron chi connectivity index (χ3n) is 2.70. The molecule has 0 aromatic carbocycles. The molecule has 2 rings (SSSR count). The minimum absolute atomic E-state index is 0.0890. The molecule has 1 saturated heterocycles.